The number of nitrogens with one attached hydrogen (secondary N) is 1. The first-order chi connectivity index (χ1) is 14.8. The number of hydrogen-bond acceptors (Lipinski definition) is 7. The first kappa shape index (κ1) is 19.3. The molecule has 2 aromatic carbocycles. The largest absolute Gasteiger partial charge is 0.351 e. The molecule has 1 amide bonds. The van der Waals surface area contributed by atoms with E-state index >= 15 is 0 Å². The topological polar surface area (TPSA) is 123 Å². The standard InChI is InChI=1S/C21H20N8O/c22-10-11-23-21(30)16-8-6-15(7-9-16)12-26-28-19-18-13-27-29(20(18)25-14-24-19)17-4-2-1-3-5-17/h1-9,13-14H,10-12,22H2,(H,23,30). The highest BCUT2D eigenvalue weighted by atomic mass is 16.1. The van der Waals surface area contributed by atoms with Crippen molar-refractivity contribution in [1.82, 2.24) is 25.1 Å². The summed E-state index contributed by atoms with van der Waals surface area (Å²) in [5, 5.41) is 16.4. The Kier molecular flexibility index (Phi) is 5.81. The van der Waals surface area contributed by atoms with Crippen molar-refractivity contribution < 1.29 is 4.79 Å². The van der Waals surface area contributed by atoms with Gasteiger partial charge < -0.3 is 11.1 Å². The zero-order valence-corrected chi connectivity index (χ0v) is 16.1. The summed E-state index contributed by atoms with van der Waals surface area (Å²) in [6, 6.07) is 16.9. The van der Waals surface area contributed by atoms with Crippen molar-refractivity contribution in [2.45, 2.75) is 6.54 Å². The molecule has 0 bridgehead atoms. The Hall–Kier alpha value is -3.98. The van der Waals surface area contributed by atoms with Crippen molar-refractivity contribution in [3.63, 3.8) is 0 Å². The van der Waals surface area contributed by atoms with Crippen LogP contribution in [0.25, 0.3) is 16.7 Å². The fraction of sp³-hybridized carbons (Fsp3) is 0.143. The number of carbonyl (C=O) groups is 1. The number of amides is 1. The lowest BCUT2D eigenvalue weighted by molar-refractivity contribution is 0.0954. The number of hydrogen-bond donors (Lipinski definition) is 2. The predicted octanol–water partition coefficient (Wildman–Crippen LogP) is 2.79. The van der Waals surface area contributed by atoms with Gasteiger partial charge in [0, 0.05) is 18.7 Å². The highest BCUT2D eigenvalue weighted by Crippen LogP contribution is 2.24. The van der Waals surface area contributed by atoms with Gasteiger partial charge in [-0.2, -0.15) is 10.2 Å². The Morgan fingerprint density at radius 2 is 1.87 bits per heavy atom. The van der Waals surface area contributed by atoms with Gasteiger partial charge in [-0.15, -0.1) is 5.11 Å². The summed E-state index contributed by atoms with van der Waals surface area (Å²) >= 11 is 0. The SMILES string of the molecule is NCCNC(=O)c1ccc(CN=Nc2ncnc3c2cnn3-c2ccccc2)cc1. The third kappa shape index (κ3) is 4.20. The van der Waals surface area contributed by atoms with E-state index in [-0.39, 0.29) is 5.91 Å². The molecule has 0 spiro atoms. The number of aromatic nitrogens is 4. The summed E-state index contributed by atoms with van der Waals surface area (Å²) in [6.07, 6.45) is 3.14. The van der Waals surface area contributed by atoms with Gasteiger partial charge in [0.1, 0.15) is 6.33 Å². The van der Waals surface area contributed by atoms with Crippen molar-refractivity contribution in [2.24, 2.45) is 16.0 Å². The molecule has 0 aliphatic heterocycles. The number of benzene rings is 2. The van der Waals surface area contributed by atoms with Gasteiger partial charge in [-0.1, -0.05) is 30.3 Å². The van der Waals surface area contributed by atoms with Crippen LogP contribution in [0.3, 0.4) is 0 Å². The maximum Gasteiger partial charge on any atom is 0.251 e. The molecule has 4 rings (SSSR count). The van der Waals surface area contributed by atoms with Crippen LogP contribution in [0.15, 0.2) is 77.3 Å². The fourth-order valence-electron chi connectivity index (χ4n) is 2.90. The van der Waals surface area contributed by atoms with Gasteiger partial charge in [0.15, 0.2) is 11.5 Å². The van der Waals surface area contributed by atoms with Gasteiger partial charge in [0.2, 0.25) is 0 Å². The van der Waals surface area contributed by atoms with Gasteiger partial charge in [0.25, 0.3) is 5.91 Å². The molecule has 0 aliphatic carbocycles. The number of nitrogens with zero attached hydrogens (tertiary/aromatic N) is 6. The Labute approximate surface area is 172 Å². The van der Waals surface area contributed by atoms with Crippen LogP contribution in [0.4, 0.5) is 5.82 Å². The average molecular weight is 400 g/mol. The molecule has 0 aliphatic rings. The minimum Gasteiger partial charge on any atom is -0.351 e. The summed E-state index contributed by atoms with van der Waals surface area (Å²) in [4.78, 5) is 20.5. The Morgan fingerprint density at radius 3 is 2.63 bits per heavy atom. The fourth-order valence-corrected chi connectivity index (χ4v) is 2.90. The summed E-state index contributed by atoms with van der Waals surface area (Å²) in [6.45, 7) is 1.22. The minimum absolute atomic E-state index is 0.146. The van der Waals surface area contributed by atoms with Crippen molar-refractivity contribution in [2.75, 3.05) is 13.1 Å². The van der Waals surface area contributed by atoms with Crippen molar-refractivity contribution in [3.05, 3.63) is 78.2 Å². The lowest BCUT2D eigenvalue weighted by atomic mass is 10.1. The van der Waals surface area contributed by atoms with Crippen LogP contribution < -0.4 is 11.1 Å². The first-order valence-corrected chi connectivity index (χ1v) is 9.45. The second-order valence-corrected chi connectivity index (χ2v) is 6.47. The van der Waals surface area contributed by atoms with Crippen LogP contribution in [-0.4, -0.2) is 38.7 Å². The van der Waals surface area contributed by atoms with Gasteiger partial charge in [-0.05, 0) is 29.8 Å². The Bertz CT molecular complexity index is 1170. The van der Waals surface area contributed by atoms with Crippen LogP contribution in [0.5, 0.6) is 0 Å². The molecule has 3 N–H and O–H groups in total. The molecule has 9 heteroatoms. The van der Waals surface area contributed by atoms with Crippen LogP contribution in [0.1, 0.15) is 15.9 Å². The zero-order chi connectivity index (χ0) is 20.8. The molecule has 0 saturated heterocycles. The number of rotatable bonds is 7. The first-order valence-electron chi connectivity index (χ1n) is 9.45. The van der Waals surface area contributed by atoms with E-state index in [1.807, 2.05) is 42.5 Å². The molecule has 0 atom stereocenters. The van der Waals surface area contributed by atoms with Crippen LogP contribution >= 0.6 is 0 Å². The summed E-state index contributed by atoms with van der Waals surface area (Å²) in [5.41, 5.74) is 8.48. The summed E-state index contributed by atoms with van der Waals surface area (Å²) in [5.74, 6) is 0.312. The molecule has 0 radical (unpaired) electrons. The number of para-hydroxylation sites is 1. The second-order valence-electron chi connectivity index (χ2n) is 6.47. The lowest BCUT2D eigenvalue weighted by Crippen LogP contribution is -2.28. The van der Waals surface area contributed by atoms with E-state index in [0.29, 0.717) is 36.7 Å². The maximum atomic E-state index is 11.9. The molecule has 0 saturated carbocycles. The van der Waals surface area contributed by atoms with E-state index < -0.39 is 0 Å². The molecular formula is C21H20N8O. The Balaban J connectivity index is 1.48. The van der Waals surface area contributed by atoms with Crippen molar-refractivity contribution in [1.29, 1.82) is 0 Å². The molecule has 9 nitrogen and oxygen atoms in total. The van der Waals surface area contributed by atoms with Crippen molar-refractivity contribution >= 4 is 22.8 Å². The van der Waals surface area contributed by atoms with E-state index in [2.05, 4.69) is 30.6 Å². The molecule has 2 heterocycles. The van der Waals surface area contributed by atoms with Crippen LogP contribution in [0.2, 0.25) is 0 Å². The van der Waals surface area contributed by atoms with E-state index in [1.165, 1.54) is 6.33 Å². The van der Waals surface area contributed by atoms with E-state index in [4.69, 9.17) is 5.73 Å². The molecule has 2 aromatic heterocycles. The normalized spacial score (nSPS) is 11.2. The van der Waals surface area contributed by atoms with E-state index in [1.54, 1.807) is 23.0 Å². The second kappa shape index (κ2) is 9.01. The minimum atomic E-state index is -0.146. The van der Waals surface area contributed by atoms with Crippen molar-refractivity contribution in [3.8, 4) is 5.69 Å². The average Bonchev–Trinajstić information content (AvgIpc) is 3.23. The zero-order valence-electron chi connectivity index (χ0n) is 16.1. The molecule has 4 aromatic rings. The third-order valence-electron chi connectivity index (χ3n) is 4.41. The molecular weight excluding hydrogens is 380 g/mol. The maximum absolute atomic E-state index is 11.9. The monoisotopic (exact) mass is 400 g/mol. The van der Waals surface area contributed by atoms with Gasteiger partial charge in [-0.25, -0.2) is 14.6 Å². The number of nitrogens with two attached hydrogens (primary N) is 1. The number of azo groups is 1. The number of carbonyl (C=O) groups excluding carboxylic acids is 1. The van der Waals surface area contributed by atoms with Crippen LogP contribution in [-0.2, 0) is 6.54 Å². The number of fused-ring (bicyclic) bond motifs is 1. The summed E-state index contributed by atoms with van der Waals surface area (Å²) < 4.78 is 1.74. The van der Waals surface area contributed by atoms with E-state index in [0.717, 1.165) is 16.6 Å². The van der Waals surface area contributed by atoms with E-state index in [9.17, 15) is 4.79 Å². The van der Waals surface area contributed by atoms with Gasteiger partial charge in [0.05, 0.1) is 23.8 Å². The van der Waals surface area contributed by atoms with Gasteiger partial charge >= 0.3 is 0 Å². The molecule has 0 fully saturated rings. The van der Waals surface area contributed by atoms with Gasteiger partial charge in [-0.3, -0.25) is 4.79 Å². The molecule has 30 heavy (non-hydrogen) atoms. The van der Waals surface area contributed by atoms with Crippen LogP contribution in [0, 0.1) is 0 Å². The smallest absolute Gasteiger partial charge is 0.251 e. The quantitative estimate of drug-likeness (QED) is 0.462. The highest BCUT2D eigenvalue weighted by molar-refractivity contribution is 5.94. The molecule has 0 unspecified atom stereocenters. The predicted molar refractivity (Wildman–Crippen MR) is 113 cm³/mol. The highest BCUT2D eigenvalue weighted by Gasteiger charge is 2.10. The summed E-state index contributed by atoms with van der Waals surface area (Å²) in [7, 11) is 0. The molecule has 150 valence electrons. The lowest BCUT2D eigenvalue weighted by Gasteiger charge is -2.04. The third-order valence-corrected chi connectivity index (χ3v) is 4.41. The Morgan fingerprint density at radius 1 is 1.07 bits per heavy atom.